The van der Waals surface area contributed by atoms with Crippen molar-refractivity contribution in [2.24, 2.45) is 5.41 Å². The fourth-order valence-corrected chi connectivity index (χ4v) is 4.49. The standard InChI is InChI=1S/C27H37F2N5O3/c1-5-6-22(31-24(35)13-18-11-19(28)14-20(29)12-18)26(37)32-23-16-34(17-30-23)21-7-9-33(10-8-21)25(36)15-27(2,3)4/h11-12,14,16-17,21-22H,5-10,13,15H2,1-4H3,(H,31,35)(H,32,37). The molecule has 2 heterocycles. The van der Waals surface area contributed by atoms with E-state index < -0.39 is 29.5 Å². The van der Waals surface area contributed by atoms with Gasteiger partial charge in [-0.25, -0.2) is 13.8 Å². The minimum Gasteiger partial charge on any atom is -0.344 e. The number of imidazole rings is 1. The molecule has 1 aliphatic rings. The third-order valence-electron chi connectivity index (χ3n) is 6.29. The lowest BCUT2D eigenvalue weighted by atomic mass is 9.91. The molecule has 1 aromatic heterocycles. The van der Waals surface area contributed by atoms with Gasteiger partial charge in [0, 0.05) is 37.8 Å². The Morgan fingerprint density at radius 1 is 1.11 bits per heavy atom. The average Bonchev–Trinajstić information content (AvgIpc) is 3.25. The number of nitrogens with zero attached hydrogens (tertiary/aromatic N) is 3. The number of halogens is 2. The number of likely N-dealkylation sites (tertiary alicyclic amines) is 1. The fraction of sp³-hybridized carbons (Fsp3) is 0.556. The van der Waals surface area contributed by atoms with Crippen molar-refractivity contribution in [1.82, 2.24) is 19.8 Å². The zero-order valence-corrected chi connectivity index (χ0v) is 22.0. The van der Waals surface area contributed by atoms with Crippen molar-refractivity contribution in [2.75, 3.05) is 18.4 Å². The van der Waals surface area contributed by atoms with Crippen molar-refractivity contribution >= 4 is 23.5 Å². The van der Waals surface area contributed by atoms with Crippen LogP contribution in [0.1, 0.15) is 71.4 Å². The van der Waals surface area contributed by atoms with Gasteiger partial charge in [-0.15, -0.1) is 0 Å². The van der Waals surface area contributed by atoms with Gasteiger partial charge in [-0.05, 0) is 42.4 Å². The molecule has 2 N–H and O–H groups in total. The van der Waals surface area contributed by atoms with Crippen LogP contribution in [-0.2, 0) is 20.8 Å². The molecule has 1 atom stereocenters. The Kier molecular flexibility index (Phi) is 9.39. The number of nitrogens with one attached hydrogen (secondary N) is 2. The van der Waals surface area contributed by atoms with Crippen LogP contribution < -0.4 is 10.6 Å². The minimum atomic E-state index is -0.807. The van der Waals surface area contributed by atoms with E-state index in [1.54, 1.807) is 12.5 Å². The minimum absolute atomic E-state index is 0.0438. The van der Waals surface area contributed by atoms with Crippen LogP contribution >= 0.6 is 0 Å². The highest BCUT2D eigenvalue weighted by Gasteiger charge is 2.27. The van der Waals surface area contributed by atoms with E-state index >= 15 is 0 Å². The predicted octanol–water partition coefficient (Wildman–Crippen LogP) is 4.23. The van der Waals surface area contributed by atoms with E-state index in [1.165, 1.54) is 0 Å². The topological polar surface area (TPSA) is 96.3 Å². The summed E-state index contributed by atoms with van der Waals surface area (Å²) in [5.74, 6) is -1.88. The van der Waals surface area contributed by atoms with Crippen LogP contribution in [0.2, 0.25) is 0 Å². The number of rotatable bonds is 9. The number of aromatic nitrogens is 2. The number of piperidine rings is 1. The van der Waals surface area contributed by atoms with Gasteiger partial charge in [0.2, 0.25) is 17.7 Å². The molecule has 2 aromatic rings. The van der Waals surface area contributed by atoms with E-state index in [0.717, 1.165) is 31.0 Å². The fourth-order valence-electron chi connectivity index (χ4n) is 4.49. The van der Waals surface area contributed by atoms with Gasteiger partial charge in [0.25, 0.3) is 0 Å². The van der Waals surface area contributed by atoms with Crippen LogP contribution in [0.4, 0.5) is 14.6 Å². The summed E-state index contributed by atoms with van der Waals surface area (Å²) in [6.45, 7) is 9.42. The van der Waals surface area contributed by atoms with E-state index in [-0.39, 0.29) is 29.3 Å². The van der Waals surface area contributed by atoms with Crippen LogP contribution in [0.15, 0.2) is 30.7 Å². The summed E-state index contributed by atoms with van der Waals surface area (Å²) in [7, 11) is 0. The van der Waals surface area contributed by atoms with Gasteiger partial charge in [0.15, 0.2) is 5.82 Å². The van der Waals surface area contributed by atoms with Crippen LogP contribution in [0.25, 0.3) is 0 Å². The zero-order chi connectivity index (χ0) is 27.2. The number of hydrogen-bond donors (Lipinski definition) is 2. The van der Waals surface area contributed by atoms with Crippen molar-refractivity contribution in [2.45, 2.75) is 78.3 Å². The van der Waals surface area contributed by atoms with Gasteiger partial charge in [-0.2, -0.15) is 0 Å². The van der Waals surface area contributed by atoms with Crippen LogP contribution in [0.3, 0.4) is 0 Å². The Bertz CT molecular complexity index is 1080. The maximum atomic E-state index is 13.4. The van der Waals surface area contributed by atoms with Crippen LogP contribution in [0.5, 0.6) is 0 Å². The van der Waals surface area contributed by atoms with Crippen molar-refractivity contribution in [3.05, 3.63) is 47.9 Å². The van der Waals surface area contributed by atoms with Crippen LogP contribution in [-0.4, -0.2) is 51.3 Å². The molecule has 0 aliphatic carbocycles. The number of carbonyl (C=O) groups is 3. The lowest BCUT2D eigenvalue weighted by molar-refractivity contribution is -0.134. The molecule has 1 fully saturated rings. The third kappa shape index (κ3) is 8.65. The lowest BCUT2D eigenvalue weighted by Gasteiger charge is -2.34. The number of anilines is 1. The highest BCUT2D eigenvalue weighted by atomic mass is 19.1. The van der Waals surface area contributed by atoms with Gasteiger partial charge < -0.3 is 20.1 Å². The van der Waals surface area contributed by atoms with Gasteiger partial charge >= 0.3 is 0 Å². The van der Waals surface area contributed by atoms with E-state index in [2.05, 4.69) is 36.4 Å². The molecular formula is C27H37F2N5O3. The van der Waals surface area contributed by atoms with Crippen molar-refractivity contribution < 1.29 is 23.2 Å². The highest BCUT2D eigenvalue weighted by Crippen LogP contribution is 2.26. The normalized spacial score (nSPS) is 15.4. The second-order valence-corrected chi connectivity index (χ2v) is 10.9. The summed E-state index contributed by atoms with van der Waals surface area (Å²) in [6.07, 6.45) is 6.35. The number of benzene rings is 1. The number of amides is 3. The Hall–Kier alpha value is -3.30. The molecule has 37 heavy (non-hydrogen) atoms. The first-order valence-corrected chi connectivity index (χ1v) is 12.8. The Balaban J connectivity index is 1.53. The summed E-state index contributed by atoms with van der Waals surface area (Å²) >= 11 is 0. The largest absolute Gasteiger partial charge is 0.344 e. The van der Waals surface area contributed by atoms with Gasteiger partial charge in [-0.1, -0.05) is 34.1 Å². The molecule has 0 bridgehead atoms. The SMILES string of the molecule is CCCC(NC(=O)Cc1cc(F)cc(F)c1)C(=O)Nc1cn(C2CCN(C(=O)CC(C)(C)C)CC2)cn1. The third-order valence-corrected chi connectivity index (χ3v) is 6.29. The van der Waals surface area contributed by atoms with Crippen molar-refractivity contribution in [3.8, 4) is 0 Å². The number of hydrogen-bond acceptors (Lipinski definition) is 4. The maximum Gasteiger partial charge on any atom is 0.248 e. The second-order valence-electron chi connectivity index (χ2n) is 10.9. The molecule has 1 aromatic carbocycles. The first kappa shape index (κ1) is 28.3. The molecule has 1 aliphatic heterocycles. The monoisotopic (exact) mass is 517 g/mol. The maximum absolute atomic E-state index is 13.4. The number of carbonyl (C=O) groups excluding carboxylic acids is 3. The van der Waals surface area contributed by atoms with E-state index in [4.69, 9.17) is 0 Å². The zero-order valence-electron chi connectivity index (χ0n) is 22.0. The molecule has 0 spiro atoms. The average molecular weight is 518 g/mol. The molecular weight excluding hydrogens is 480 g/mol. The first-order chi connectivity index (χ1) is 17.4. The molecule has 1 unspecified atom stereocenters. The summed E-state index contributed by atoms with van der Waals surface area (Å²) in [6, 6.07) is 2.29. The molecule has 3 amide bonds. The summed E-state index contributed by atoms with van der Waals surface area (Å²) in [5.41, 5.74) is 0.147. The molecule has 10 heteroatoms. The quantitative estimate of drug-likeness (QED) is 0.520. The predicted molar refractivity (Wildman–Crippen MR) is 137 cm³/mol. The van der Waals surface area contributed by atoms with Gasteiger partial charge in [0.05, 0.1) is 12.7 Å². The van der Waals surface area contributed by atoms with Crippen molar-refractivity contribution in [3.63, 3.8) is 0 Å². The molecule has 0 saturated carbocycles. The molecule has 8 nitrogen and oxygen atoms in total. The van der Waals surface area contributed by atoms with Crippen molar-refractivity contribution in [1.29, 1.82) is 0 Å². The first-order valence-electron chi connectivity index (χ1n) is 12.8. The van der Waals surface area contributed by atoms with Gasteiger partial charge in [-0.3, -0.25) is 14.4 Å². The van der Waals surface area contributed by atoms with E-state index in [1.807, 2.05) is 16.4 Å². The van der Waals surface area contributed by atoms with E-state index in [9.17, 15) is 23.2 Å². The molecule has 3 rings (SSSR count). The Morgan fingerprint density at radius 3 is 2.35 bits per heavy atom. The summed E-state index contributed by atoms with van der Waals surface area (Å²) in [5, 5.41) is 5.42. The lowest BCUT2D eigenvalue weighted by Crippen LogP contribution is -2.44. The molecule has 202 valence electrons. The van der Waals surface area contributed by atoms with Crippen LogP contribution in [0, 0.1) is 17.0 Å². The van der Waals surface area contributed by atoms with Gasteiger partial charge in [0.1, 0.15) is 17.7 Å². The Labute approximate surface area is 216 Å². The second kappa shape index (κ2) is 12.3. The smallest absolute Gasteiger partial charge is 0.248 e. The highest BCUT2D eigenvalue weighted by molar-refractivity contribution is 5.96. The molecule has 0 radical (unpaired) electrons. The summed E-state index contributed by atoms with van der Waals surface area (Å²) < 4.78 is 28.8. The summed E-state index contributed by atoms with van der Waals surface area (Å²) in [4.78, 5) is 44.0. The molecule has 1 saturated heterocycles. The van der Waals surface area contributed by atoms with E-state index in [0.29, 0.717) is 38.2 Å². The Morgan fingerprint density at radius 2 is 1.76 bits per heavy atom.